The van der Waals surface area contributed by atoms with Crippen molar-refractivity contribution in [1.29, 1.82) is 0 Å². The fourth-order valence-corrected chi connectivity index (χ4v) is 3.81. The number of aromatic nitrogens is 1. The number of amides is 1. The van der Waals surface area contributed by atoms with Gasteiger partial charge in [-0.1, -0.05) is 48.5 Å². The lowest BCUT2D eigenvalue weighted by Gasteiger charge is -2.09. The highest BCUT2D eigenvalue weighted by Gasteiger charge is 2.14. The monoisotopic (exact) mass is 385 g/mol. The first-order chi connectivity index (χ1) is 13.6. The van der Waals surface area contributed by atoms with E-state index in [0.717, 1.165) is 32.7 Å². The Balaban J connectivity index is 1.71. The molecule has 0 atom stereocenters. The first kappa shape index (κ1) is 18.1. The van der Waals surface area contributed by atoms with Gasteiger partial charge in [0.25, 0.3) is 5.91 Å². The Morgan fingerprint density at radius 3 is 2.50 bits per heavy atom. The quantitative estimate of drug-likeness (QED) is 0.376. The maximum atomic E-state index is 12.9. The molecule has 0 aliphatic carbocycles. The Kier molecular flexibility index (Phi) is 5.00. The molecule has 0 unspecified atom stereocenters. The molecule has 0 saturated heterocycles. The van der Waals surface area contributed by atoms with E-state index in [2.05, 4.69) is 10.5 Å². The zero-order valence-electron chi connectivity index (χ0n) is 15.6. The first-order valence-corrected chi connectivity index (χ1v) is 9.80. The number of hydrogen-bond donors (Lipinski definition) is 1. The van der Waals surface area contributed by atoms with E-state index >= 15 is 0 Å². The van der Waals surface area contributed by atoms with Crippen molar-refractivity contribution in [3.63, 3.8) is 0 Å². The molecule has 0 radical (unpaired) electrons. The normalized spacial score (nSPS) is 11.6. The molecular formula is C23H19N3OS. The fraction of sp³-hybridized carbons (Fsp3) is 0.0870. The van der Waals surface area contributed by atoms with Crippen molar-refractivity contribution < 1.29 is 4.79 Å². The summed E-state index contributed by atoms with van der Waals surface area (Å²) in [5, 5.41) is 5.11. The van der Waals surface area contributed by atoms with E-state index in [-0.39, 0.29) is 5.91 Å². The van der Waals surface area contributed by atoms with E-state index in [1.807, 2.05) is 86.6 Å². The largest absolute Gasteiger partial charge is 0.272 e. The maximum Gasteiger partial charge on any atom is 0.272 e. The molecule has 28 heavy (non-hydrogen) atoms. The Hall–Kier alpha value is -3.31. The van der Waals surface area contributed by atoms with Crippen molar-refractivity contribution in [1.82, 2.24) is 10.4 Å². The molecule has 138 valence electrons. The van der Waals surface area contributed by atoms with E-state index in [1.165, 1.54) is 4.88 Å². The highest BCUT2D eigenvalue weighted by atomic mass is 32.1. The van der Waals surface area contributed by atoms with Gasteiger partial charge in [0.15, 0.2) is 0 Å². The molecule has 4 nitrogen and oxygen atoms in total. The van der Waals surface area contributed by atoms with Gasteiger partial charge in [-0.25, -0.2) is 10.4 Å². The number of hydrogen-bond acceptors (Lipinski definition) is 4. The van der Waals surface area contributed by atoms with Gasteiger partial charge in [-0.2, -0.15) is 5.10 Å². The number of nitrogens with zero attached hydrogens (tertiary/aromatic N) is 2. The first-order valence-electron chi connectivity index (χ1n) is 8.98. The molecule has 0 fully saturated rings. The van der Waals surface area contributed by atoms with Crippen LogP contribution in [0.4, 0.5) is 0 Å². The second-order valence-electron chi connectivity index (χ2n) is 6.49. The molecular weight excluding hydrogens is 366 g/mol. The molecule has 4 rings (SSSR count). The van der Waals surface area contributed by atoms with Crippen molar-refractivity contribution in [2.75, 3.05) is 0 Å². The van der Waals surface area contributed by atoms with Crippen molar-refractivity contribution >= 4 is 33.9 Å². The van der Waals surface area contributed by atoms with Crippen molar-refractivity contribution in [3.8, 4) is 11.3 Å². The van der Waals surface area contributed by atoms with Crippen LogP contribution >= 0.6 is 11.3 Å². The predicted octanol–water partition coefficient (Wildman–Crippen LogP) is 5.43. The van der Waals surface area contributed by atoms with Crippen molar-refractivity contribution in [2.45, 2.75) is 13.8 Å². The summed E-state index contributed by atoms with van der Waals surface area (Å²) in [5.41, 5.74) is 6.56. The van der Waals surface area contributed by atoms with Gasteiger partial charge < -0.3 is 0 Å². The molecule has 0 aliphatic heterocycles. The number of fused-ring (bicyclic) bond motifs is 1. The van der Waals surface area contributed by atoms with Crippen molar-refractivity contribution in [3.05, 3.63) is 88.1 Å². The highest BCUT2D eigenvalue weighted by molar-refractivity contribution is 7.14. The van der Waals surface area contributed by atoms with E-state index in [4.69, 9.17) is 4.98 Å². The van der Waals surface area contributed by atoms with Crippen LogP contribution in [0.5, 0.6) is 0 Å². The molecule has 0 spiro atoms. The third-order valence-electron chi connectivity index (χ3n) is 4.45. The van der Waals surface area contributed by atoms with E-state index < -0.39 is 0 Å². The third-order valence-corrected chi connectivity index (χ3v) is 5.56. The van der Waals surface area contributed by atoms with Gasteiger partial charge in [0.2, 0.25) is 0 Å². The summed E-state index contributed by atoms with van der Waals surface area (Å²) in [6, 6.07) is 23.4. The van der Waals surface area contributed by atoms with Crippen molar-refractivity contribution in [2.24, 2.45) is 5.10 Å². The summed E-state index contributed by atoms with van der Waals surface area (Å²) >= 11 is 1.65. The number of benzene rings is 2. The minimum absolute atomic E-state index is 0.247. The molecule has 0 aliphatic rings. The molecule has 5 heteroatoms. The van der Waals surface area contributed by atoms with E-state index in [1.54, 1.807) is 11.3 Å². The zero-order valence-corrected chi connectivity index (χ0v) is 16.5. The van der Waals surface area contributed by atoms with Crippen LogP contribution in [0.25, 0.3) is 22.2 Å². The molecule has 1 amide bonds. The molecule has 4 aromatic rings. The van der Waals surface area contributed by atoms with Crippen LogP contribution in [0.1, 0.15) is 27.0 Å². The molecule has 2 aromatic carbocycles. The van der Waals surface area contributed by atoms with Crippen LogP contribution in [0.3, 0.4) is 0 Å². The number of aryl methyl sites for hydroxylation is 1. The van der Waals surface area contributed by atoms with Gasteiger partial charge in [-0.3, -0.25) is 4.79 Å². The van der Waals surface area contributed by atoms with E-state index in [0.29, 0.717) is 5.56 Å². The SMILES string of the molecule is C/C(=N/NC(=O)c1cc(-c2ccccc2)nc2ccccc12)c1ccc(C)s1. The summed E-state index contributed by atoms with van der Waals surface area (Å²) in [7, 11) is 0. The van der Waals surface area contributed by atoms with Gasteiger partial charge in [0, 0.05) is 15.8 Å². The standard InChI is InChI=1S/C23H19N3OS/c1-15-12-13-22(28-15)16(2)25-26-23(27)19-14-21(17-8-4-3-5-9-17)24-20-11-7-6-10-18(19)20/h3-14H,1-2H3,(H,26,27)/b25-16-. The zero-order chi connectivity index (χ0) is 19.5. The van der Waals surface area contributed by atoms with E-state index in [9.17, 15) is 4.79 Å². The predicted molar refractivity (Wildman–Crippen MR) is 116 cm³/mol. The molecule has 2 heterocycles. The number of para-hydroxylation sites is 1. The lowest BCUT2D eigenvalue weighted by atomic mass is 10.0. The second-order valence-corrected chi connectivity index (χ2v) is 7.77. The second kappa shape index (κ2) is 7.74. The van der Waals surface area contributed by atoms with Gasteiger partial charge in [0.1, 0.15) is 0 Å². The molecule has 2 aromatic heterocycles. The minimum Gasteiger partial charge on any atom is -0.267 e. The Labute approximate surface area is 167 Å². The topological polar surface area (TPSA) is 54.4 Å². The average Bonchev–Trinajstić information content (AvgIpc) is 3.18. The Morgan fingerprint density at radius 2 is 1.75 bits per heavy atom. The lowest BCUT2D eigenvalue weighted by molar-refractivity contribution is 0.0956. The summed E-state index contributed by atoms with van der Waals surface area (Å²) in [5.74, 6) is -0.247. The van der Waals surface area contributed by atoms with Gasteiger partial charge in [-0.15, -0.1) is 11.3 Å². The number of carbonyl (C=O) groups is 1. The number of carbonyl (C=O) groups excluding carboxylic acids is 1. The van der Waals surface area contributed by atoms with Gasteiger partial charge in [0.05, 0.1) is 27.4 Å². The highest BCUT2D eigenvalue weighted by Crippen LogP contribution is 2.25. The maximum absolute atomic E-state index is 12.9. The number of rotatable bonds is 4. The fourth-order valence-electron chi connectivity index (χ4n) is 3.00. The molecule has 0 bridgehead atoms. The van der Waals surface area contributed by atoms with Crippen LogP contribution in [0.15, 0.2) is 77.9 Å². The minimum atomic E-state index is -0.247. The Bertz CT molecular complexity index is 1180. The smallest absolute Gasteiger partial charge is 0.267 e. The third kappa shape index (κ3) is 3.70. The van der Waals surface area contributed by atoms with Crippen LogP contribution in [-0.2, 0) is 0 Å². The van der Waals surface area contributed by atoms with Gasteiger partial charge >= 0.3 is 0 Å². The number of thiophene rings is 1. The lowest BCUT2D eigenvalue weighted by Crippen LogP contribution is -2.19. The summed E-state index contributed by atoms with van der Waals surface area (Å²) < 4.78 is 0. The van der Waals surface area contributed by atoms with Crippen LogP contribution in [0.2, 0.25) is 0 Å². The average molecular weight is 385 g/mol. The van der Waals surface area contributed by atoms with Crippen LogP contribution in [0, 0.1) is 6.92 Å². The number of hydrazone groups is 1. The van der Waals surface area contributed by atoms with Crippen LogP contribution in [-0.4, -0.2) is 16.6 Å². The number of pyridine rings is 1. The molecule has 1 N–H and O–H groups in total. The Morgan fingerprint density at radius 1 is 1.00 bits per heavy atom. The summed E-state index contributed by atoms with van der Waals surface area (Å²) in [4.78, 5) is 19.9. The van der Waals surface area contributed by atoms with Gasteiger partial charge in [-0.05, 0) is 38.1 Å². The molecule has 0 saturated carbocycles. The van der Waals surface area contributed by atoms with Crippen LogP contribution < -0.4 is 5.43 Å². The number of nitrogens with one attached hydrogen (secondary N) is 1. The summed E-state index contributed by atoms with van der Waals surface area (Å²) in [6.45, 7) is 3.94. The summed E-state index contributed by atoms with van der Waals surface area (Å²) in [6.07, 6.45) is 0.